The monoisotopic (exact) mass is 359 g/mol. The summed E-state index contributed by atoms with van der Waals surface area (Å²) in [6.45, 7) is 2.87. The molecule has 5 nitrogen and oxygen atoms in total. The highest BCUT2D eigenvalue weighted by Gasteiger charge is 2.22. The summed E-state index contributed by atoms with van der Waals surface area (Å²) >= 11 is -1.01. The Morgan fingerprint density at radius 1 is 1.28 bits per heavy atom. The second kappa shape index (κ2) is 7.54. The highest BCUT2D eigenvalue weighted by molar-refractivity contribution is 7.91. The minimum absolute atomic E-state index is 0.0629. The van der Waals surface area contributed by atoms with Crippen molar-refractivity contribution in [2.24, 2.45) is 13.0 Å². The Labute approximate surface area is 151 Å². The number of aryl methyl sites for hydroxylation is 1. The molecule has 0 saturated heterocycles. The lowest BCUT2D eigenvalue weighted by molar-refractivity contribution is 0.596. The lowest BCUT2D eigenvalue weighted by Crippen LogP contribution is -2.19. The van der Waals surface area contributed by atoms with Crippen molar-refractivity contribution < 1.29 is 4.55 Å². The summed E-state index contributed by atoms with van der Waals surface area (Å²) in [7, 11) is 3.49. The van der Waals surface area contributed by atoms with E-state index in [0.29, 0.717) is 11.4 Å². The van der Waals surface area contributed by atoms with E-state index in [2.05, 4.69) is 10.6 Å². The third-order valence-corrected chi connectivity index (χ3v) is 5.86. The molecule has 0 radical (unpaired) electrons. The summed E-state index contributed by atoms with van der Waals surface area (Å²) in [5, 5.41) is 6.48. The molecule has 3 rings (SSSR count). The molecule has 1 aliphatic carbocycles. The second-order valence-electron chi connectivity index (χ2n) is 6.47. The van der Waals surface area contributed by atoms with Crippen molar-refractivity contribution in [3.63, 3.8) is 0 Å². The summed E-state index contributed by atoms with van der Waals surface area (Å²) < 4.78 is 13.8. The second-order valence-corrected chi connectivity index (χ2v) is 8.21. The topological polar surface area (TPSA) is 69.1 Å². The maximum absolute atomic E-state index is 12.3. The van der Waals surface area contributed by atoms with Crippen LogP contribution in [0.1, 0.15) is 19.8 Å². The van der Waals surface area contributed by atoms with E-state index < -0.39 is 11.2 Å². The van der Waals surface area contributed by atoms with Gasteiger partial charge in [-0.1, -0.05) is 0 Å². The molecule has 0 aliphatic heterocycles. The summed E-state index contributed by atoms with van der Waals surface area (Å²) in [6, 6.07) is 7.77. The van der Waals surface area contributed by atoms with E-state index in [0.717, 1.165) is 34.2 Å². The van der Waals surface area contributed by atoms with Gasteiger partial charge in [0.15, 0.2) is 4.90 Å². The molecule has 0 spiro atoms. The number of nitrogens with zero attached hydrogens (tertiary/aromatic N) is 1. The molecular weight excluding hydrogens is 334 g/mol. The highest BCUT2D eigenvalue weighted by Crippen LogP contribution is 2.34. The molecule has 2 N–H and O–H groups in total. The molecule has 134 valence electrons. The average molecular weight is 359 g/mol. The van der Waals surface area contributed by atoms with Gasteiger partial charge in [-0.2, -0.15) is 0 Å². The van der Waals surface area contributed by atoms with Crippen molar-refractivity contribution >= 4 is 22.6 Å². The van der Waals surface area contributed by atoms with Crippen molar-refractivity contribution in [3.05, 3.63) is 40.8 Å². The van der Waals surface area contributed by atoms with E-state index in [1.165, 1.54) is 12.8 Å². The van der Waals surface area contributed by atoms with Gasteiger partial charge < -0.3 is 19.8 Å². The van der Waals surface area contributed by atoms with E-state index in [9.17, 15) is 9.35 Å². The zero-order valence-corrected chi connectivity index (χ0v) is 15.8. The first-order valence-electron chi connectivity index (χ1n) is 8.68. The van der Waals surface area contributed by atoms with Crippen LogP contribution in [0.3, 0.4) is 0 Å². The third kappa shape index (κ3) is 4.02. The molecule has 1 fully saturated rings. The predicted octanol–water partition coefficient (Wildman–Crippen LogP) is 3.04. The first-order chi connectivity index (χ1) is 12.0. The van der Waals surface area contributed by atoms with Gasteiger partial charge in [0.25, 0.3) is 5.56 Å². The maximum atomic E-state index is 12.3. The van der Waals surface area contributed by atoms with Crippen LogP contribution in [0.25, 0.3) is 11.1 Å². The van der Waals surface area contributed by atoms with Crippen LogP contribution in [0.15, 0.2) is 40.2 Å². The number of anilines is 2. The SMILES string of the molecule is CC[S+]([O-])c1ccc(NCC2CC2)c(-c2cc(NC)c(=O)n(C)c2)c1. The first kappa shape index (κ1) is 17.9. The van der Waals surface area contributed by atoms with Gasteiger partial charge in [0.05, 0.1) is 0 Å². The average Bonchev–Trinajstić information content (AvgIpc) is 3.45. The minimum Gasteiger partial charge on any atom is -0.611 e. The normalized spacial score (nSPS) is 15.0. The Hall–Kier alpha value is -1.92. The van der Waals surface area contributed by atoms with Gasteiger partial charge in [0.2, 0.25) is 0 Å². The Morgan fingerprint density at radius 3 is 2.68 bits per heavy atom. The smallest absolute Gasteiger partial charge is 0.273 e. The van der Waals surface area contributed by atoms with Crippen LogP contribution in [-0.4, -0.2) is 28.5 Å². The van der Waals surface area contributed by atoms with Crippen LogP contribution in [0.5, 0.6) is 0 Å². The Balaban J connectivity index is 2.06. The predicted molar refractivity (Wildman–Crippen MR) is 105 cm³/mol. The summed E-state index contributed by atoms with van der Waals surface area (Å²) in [5.41, 5.74) is 3.42. The van der Waals surface area contributed by atoms with Gasteiger partial charge >= 0.3 is 0 Å². The lowest BCUT2D eigenvalue weighted by Gasteiger charge is -2.16. The van der Waals surface area contributed by atoms with Gasteiger partial charge in [-0.05, 0) is 55.1 Å². The summed E-state index contributed by atoms with van der Waals surface area (Å²) in [6.07, 6.45) is 4.40. The number of nitrogens with one attached hydrogen (secondary N) is 2. The van der Waals surface area contributed by atoms with Gasteiger partial charge in [-0.25, -0.2) is 0 Å². The van der Waals surface area contributed by atoms with Crippen LogP contribution in [0, 0.1) is 5.92 Å². The number of hydrogen-bond donors (Lipinski definition) is 2. The molecule has 25 heavy (non-hydrogen) atoms. The molecule has 1 aromatic carbocycles. The Morgan fingerprint density at radius 2 is 2.04 bits per heavy atom. The van der Waals surface area contributed by atoms with Crippen molar-refractivity contribution in [1.29, 1.82) is 0 Å². The lowest BCUT2D eigenvalue weighted by atomic mass is 10.0. The van der Waals surface area contributed by atoms with E-state index in [4.69, 9.17) is 0 Å². The minimum atomic E-state index is -1.01. The van der Waals surface area contributed by atoms with Crippen LogP contribution in [0.4, 0.5) is 11.4 Å². The fourth-order valence-corrected chi connectivity index (χ4v) is 3.64. The molecule has 1 unspecified atom stereocenters. The van der Waals surface area contributed by atoms with Crippen LogP contribution >= 0.6 is 0 Å². The Kier molecular flexibility index (Phi) is 5.39. The number of hydrogen-bond acceptors (Lipinski definition) is 4. The quantitative estimate of drug-likeness (QED) is 0.746. The molecule has 1 saturated carbocycles. The molecule has 1 heterocycles. The molecule has 2 aromatic rings. The van der Waals surface area contributed by atoms with Gasteiger partial charge in [0, 0.05) is 49.7 Å². The highest BCUT2D eigenvalue weighted by atomic mass is 32.2. The third-order valence-electron chi connectivity index (χ3n) is 4.56. The van der Waals surface area contributed by atoms with Crippen LogP contribution < -0.4 is 16.2 Å². The Bertz CT molecular complexity index is 815. The van der Waals surface area contributed by atoms with Crippen molar-refractivity contribution in [2.75, 3.05) is 30.0 Å². The van der Waals surface area contributed by atoms with E-state index in [1.54, 1.807) is 18.7 Å². The molecule has 0 amide bonds. The summed E-state index contributed by atoms with van der Waals surface area (Å²) in [5.74, 6) is 1.34. The number of rotatable bonds is 7. The maximum Gasteiger partial charge on any atom is 0.273 e. The van der Waals surface area contributed by atoms with E-state index in [1.807, 2.05) is 37.4 Å². The van der Waals surface area contributed by atoms with Gasteiger partial charge in [0.1, 0.15) is 11.4 Å². The van der Waals surface area contributed by atoms with Gasteiger partial charge in [-0.15, -0.1) is 0 Å². The van der Waals surface area contributed by atoms with Crippen molar-refractivity contribution in [2.45, 2.75) is 24.7 Å². The fraction of sp³-hybridized carbons (Fsp3) is 0.421. The fourth-order valence-electron chi connectivity index (χ4n) is 2.84. The van der Waals surface area contributed by atoms with Crippen LogP contribution in [-0.2, 0) is 18.2 Å². The first-order valence-corrected chi connectivity index (χ1v) is 10.0. The molecule has 6 heteroatoms. The molecule has 1 atom stereocenters. The van der Waals surface area contributed by atoms with E-state index in [-0.39, 0.29) is 5.56 Å². The number of benzene rings is 1. The molecule has 0 bridgehead atoms. The van der Waals surface area contributed by atoms with Crippen LogP contribution in [0.2, 0.25) is 0 Å². The molecule has 1 aromatic heterocycles. The van der Waals surface area contributed by atoms with E-state index >= 15 is 0 Å². The zero-order chi connectivity index (χ0) is 18.0. The number of aromatic nitrogens is 1. The summed E-state index contributed by atoms with van der Waals surface area (Å²) in [4.78, 5) is 13.0. The van der Waals surface area contributed by atoms with Gasteiger partial charge in [-0.3, -0.25) is 4.79 Å². The molecule has 1 aliphatic rings. The zero-order valence-electron chi connectivity index (χ0n) is 15.0. The van der Waals surface area contributed by atoms with Crippen molar-refractivity contribution in [3.8, 4) is 11.1 Å². The number of pyridine rings is 1. The molecular formula is C19H25N3O2S. The largest absolute Gasteiger partial charge is 0.611 e. The standard InChI is InChI=1S/C19H25N3O2S/c1-4-25(24)15-7-8-17(21-11-13-5-6-13)16(10-15)14-9-18(20-2)19(23)22(3)12-14/h7-10,12-13,20-21H,4-6,11H2,1-3H3. The van der Waals surface area contributed by atoms with Crippen molar-refractivity contribution in [1.82, 2.24) is 4.57 Å².